The summed E-state index contributed by atoms with van der Waals surface area (Å²) in [4.78, 5) is 18.7. The van der Waals surface area contributed by atoms with Crippen LogP contribution in [0.4, 0.5) is 0 Å². The molecule has 0 spiro atoms. The molecule has 0 amide bonds. The minimum atomic E-state index is -0.745. The van der Waals surface area contributed by atoms with Crippen LogP contribution in [0.2, 0.25) is 0 Å². The molecule has 76 valence electrons. The maximum absolute atomic E-state index is 9.37. The molecule has 0 aromatic heterocycles. The molecular formula is C8H20O4. The molecule has 4 heteroatoms. The van der Waals surface area contributed by atoms with Crippen LogP contribution in [-0.2, 0) is 9.59 Å². The Balaban J connectivity index is -0.0000000457. The molecule has 0 rings (SSSR count). The quantitative estimate of drug-likeness (QED) is 0.683. The van der Waals surface area contributed by atoms with Crippen LogP contribution in [0.25, 0.3) is 0 Å². The third-order valence-corrected chi connectivity index (χ3v) is 0.605. The normalized spacial score (nSPS) is 6.17. The number of carboxylic acids is 2. The van der Waals surface area contributed by atoms with Gasteiger partial charge >= 0.3 is 11.9 Å². The number of rotatable bonds is 2. The van der Waals surface area contributed by atoms with Crippen molar-refractivity contribution in [1.82, 2.24) is 0 Å². The van der Waals surface area contributed by atoms with Crippen LogP contribution in [0.5, 0.6) is 0 Å². The second-order valence-corrected chi connectivity index (χ2v) is 1.49. The lowest BCUT2D eigenvalue weighted by Crippen LogP contribution is -1.86. The van der Waals surface area contributed by atoms with E-state index in [1.54, 1.807) is 13.8 Å². The van der Waals surface area contributed by atoms with Crippen molar-refractivity contribution in [1.29, 1.82) is 0 Å². The molecule has 0 unspecified atom stereocenters. The Hall–Kier alpha value is -1.06. The van der Waals surface area contributed by atoms with Crippen molar-refractivity contribution in [3.8, 4) is 0 Å². The fraction of sp³-hybridized carbons (Fsp3) is 0.750. The van der Waals surface area contributed by atoms with Crippen LogP contribution in [0.1, 0.15) is 41.5 Å². The van der Waals surface area contributed by atoms with Crippen molar-refractivity contribution in [3.63, 3.8) is 0 Å². The summed E-state index contributed by atoms with van der Waals surface area (Å²) in [6.07, 6.45) is 0.444. The van der Waals surface area contributed by atoms with Crippen LogP contribution in [0.3, 0.4) is 0 Å². The van der Waals surface area contributed by atoms with E-state index >= 15 is 0 Å². The lowest BCUT2D eigenvalue weighted by Gasteiger charge is -1.71. The van der Waals surface area contributed by atoms with E-state index in [4.69, 9.17) is 10.2 Å². The van der Waals surface area contributed by atoms with E-state index in [0.29, 0.717) is 0 Å². The van der Waals surface area contributed by atoms with Gasteiger partial charge in [0.25, 0.3) is 0 Å². The molecular weight excluding hydrogens is 160 g/mol. The fourth-order valence-electron chi connectivity index (χ4n) is 0. The van der Waals surface area contributed by atoms with Gasteiger partial charge in [-0.25, -0.2) is 0 Å². The molecule has 0 heterocycles. The van der Waals surface area contributed by atoms with Gasteiger partial charge < -0.3 is 10.2 Å². The maximum Gasteiger partial charge on any atom is 0.303 e. The average Bonchev–Trinajstić information content (AvgIpc) is 1.89. The number of hydrogen-bond donors (Lipinski definition) is 2. The molecule has 0 atom stereocenters. The Bertz CT molecular complexity index is 95.6. The highest BCUT2D eigenvalue weighted by atomic mass is 16.4. The van der Waals surface area contributed by atoms with E-state index in [1.807, 2.05) is 0 Å². The lowest BCUT2D eigenvalue weighted by atomic mass is 10.5. The largest absolute Gasteiger partial charge is 0.481 e. The number of aliphatic carboxylic acids is 2. The summed E-state index contributed by atoms with van der Waals surface area (Å²) in [6.45, 7) is 3.20. The summed E-state index contributed by atoms with van der Waals surface area (Å²) in [5, 5.41) is 15.4. The van der Waals surface area contributed by atoms with Gasteiger partial charge in [0.15, 0.2) is 0 Å². The van der Waals surface area contributed by atoms with Crippen LogP contribution >= 0.6 is 0 Å². The molecule has 0 aromatic carbocycles. The Morgan fingerprint density at radius 3 is 1.00 bits per heavy atom. The van der Waals surface area contributed by atoms with E-state index in [-0.39, 0.29) is 27.7 Å². The van der Waals surface area contributed by atoms with Crippen molar-refractivity contribution in [3.05, 3.63) is 0 Å². The Morgan fingerprint density at radius 1 is 0.917 bits per heavy atom. The third-order valence-electron chi connectivity index (χ3n) is 0.605. The van der Waals surface area contributed by atoms with Crippen LogP contribution in [0.15, 0.2) is 0 Å². The molecule has 4 nitrogen and oxygen atoms in total. The smallest absolute Gasteiger partial charge is 0.303 e. The zero-order chi connectivity index (χ0) is 8.57. The molecule has 0 aliphatic heterocycles. The topological polar surface area (TPSA) is 74.6 Å². The molecule has 0 aromatic rings. The first kappa shape index (κ1) is 22.4. The maximum atomic E-state index is 9.37. The van der Waals surface area contributed by atoms with Gasteiger partial charge in [0.2, 0.25) is 0 Å². The monoisotopic (exact) mass is 180 g/mol. The van der Waals surface area contributed by atoms with Gasteiger partial charge in [-0.15, -0.1) is 0 Å². The fourth-order valence-corrected chi connectivity index (χ4v) is 0. The summed E-state index contributed by atoms with van der Waals surface area (Å²) in [5.74, 6) is -1.49. The van der Waals surface area contributed by atoms with Gasteiger partial charge in [0.05, 0.1) is 0 Å². The molecule has 0 fully saturated rings. The summed E-state index contributed by atoms with van der Waals surface area (Å²) in [6, 6.07) is 0. The zero-order valence-electron chi connectivity index (χ0n) is 6.13. The highest BCUT2D eigenvalue weighted by Gasteiger charge is 1.81. The summed E-state index contributed by atoms with van der Waals surface area (Å²) < 4.78 is 0. The van der Waals surface area contributed by atoms with Crippen molar-refractivity contribution >= 4 is 11.9 Å². The first-order valence-electron chi connectivity index (χ1n) is 2.98. The predicted molar refractivity (Wildman–Crippen MR) is 49.3 cm³/mol. The Morgan fingerprint density at radius 2 is 1.00 bits per heavy atom. The molecule has 0 bridgehead atoms. The van der Waals surface area contributed by atoms with E-state index in [1.165, 1.54) is 0 Å². The van der Waals surface area contributed by atoms with Gasteiger partial charge in [0, 0.05) is 12.8 Å². The highest BCUT2D eigenvalue weighted by Crippen LogP contribution is 1.67. The molecule has 0 aliphatic rings. The molecule has 0 radical (unpaired) electrons. The summed E-state index contributed by atoms with van der Waals surface area (Å²) >= 11 is 0. The first-order chi connectivity index (χ1) is 4.54. The number of hydrogen-bond acceptors (Lipinski definition) is 2. The van der Waals surface area contributed by atoms with Gasteiger partial charge in [0.1, 0.15) is 0 Å². The van der Waals surface area contributed by atoms with Gasteiger partial charge in [-0.3, -0.25) is 9.59 Å². The second kappa shape index (κ2) is 16.5. The molecule has 12 heavy (non-hydrogen) atoms. The molecule has 0 aliphatic carbocycles. The van der Waals surface area contributed by atoms with E-state index < -0.39 is 11.9 Å². The summed E-state index contributed by atoms with van der Waals surface area (Å²) in [7, 11) is 0. The Kier molecular flexibility index (Phi) is 30.8. The number of carbonyl (C=O) groups is 2. The van der Waals surface area contributed by atoms with Crippen molar-refractivity contribution in [2.24, 2.45) is 0 Å². The average molecular weight is 180 g/mol. The second-order valence-electron chi connectivity index (χ2n) is 1.49. The minimum Gasteiger partial charge on any atom is -0.481 e. The van der Waals surface area contributed by atoms with Gasteiger partial charge in [-0.1, -0.05) is 28.7 Å². The molecule has 2 N–H and O–H groups in total. The van der Waals surface area contributed by atoms with E-state index in [0.717, 1.165) is 0 Å². The van der Waals surface area contributed by atoms with E-state index in [2.05, 4.69) is 0 Å². The molecule has 0 saturated heterocycles. The van der Waals surface area contributed by atoms with Gasteiger partial charge in [-0.2, -0.15) is 0 Å². The van der Waals surface area contributed by atoms with Crippen LogP contribution < -0.4 is 0 Å². The van der Waals surface area contributed by atoms with Crippen molar-refractivity contribution in [2.75, 3.05) is 0 Å². The molecule has 0 saturated carbocycles. The lowest BCUT2D eigenvalue weighted by molar-refractivity contribution is -0.137. The van der Waals surface area contributed by atoms with Crippen LogP contribution in [-0.4, -0.2) is 22.2 Å². The van der Waals surface area contributed by atoms with Crippen molar-refractivity contribution in [2.45, 2.75) is 41.5 Å². The van der Waals surface area contributed by atoms with Crippen molar-refractivity contribution < 1.29 is 19.8 Å². The minimum absolute atomic E-state index is 0. The first-order valence-corrected chi connectivity index (χ1v) is 2.98. The Labute approximate surface area is 74.2 Å². The highest BCUT2D eigenvalue weighted by molar-refractivity contribution is 5.66. The van der Waals surface area contributed by atoms with Gasteiger partial charge in [-0.05, 0) is 0 Å². The predicted octanol–water partition coefficient (Wildman–Crippen LogP) is 2.23. The standard InChI is InChI=1S/2C3H6O2.2CH4/c2*1-2-3(4)5;;/h2*2H2,1H3,(H,4,5);2*1H4. The van der Waals surface area contributed by atoms with Crippen LogP contribution in [0, 0.1) is 0 Å². The third kappa shape index (κ3) is 65.2. The SMILES string of the molecule is C.C.CCC(=O)O.CCC(=O)O. The zero-order valence-corrected chi connectivity index (χ0v) is 6.13. The number of carboxylic acid groups (broad SMARTS) is 2. The van der Waals surface area contributed by atoms with E-state index in [9.17, 15) is 9.59 Å². The summed E-state index contributed by atoms with van der Waals surface area (Å²) in [5.41, 5.74) is 0.